The fraction of sp³-hybridized carbons (Fsp3) is 0.417. The molecule has 0 aromatic heterocycles. The number of ether oxygens (including phenoxy) is 2. The van der Waals surface area contributed by atoms with Gasteiger partial charge in [-0.3, -0.25) is 4.79 Å². The van der Waals surface area contributed by atoms with E-state index >= 15 is 0 Å². The molecule has 0 bridgehead atoms. The van der Waals surface area contributed by atoms with Crippen molar-refractivity contribution >= 4 is 18.3 Å². The van der Waals surface area contributed by atoms with Crippen LogP contribution in [0.25, 0.3) is 0 Å². The van der Waals surface area contributed by atoms with E-state index in [0.717, 1.165) is 6.54 Å². The Morgan fingerprint density at radius 2 is 1.94 bits per heavy atom. The molecule has 102 valence electrons. The fourth-order valence-corrected chi connectivity index (χ4v) is 1.39. The molecule has 1 amide bonds. The van der Waals surface area contributed by atoms with Crippen LogP contribution in [0.5, 0.6) is 11.5 Å². The van der Waals surface area contributed by atoms with Crippen LogP contribution in [0.15, 0.2) is 18.2 Å². The summed E-state index contributed by atoms with van der Waals surface area (Å²) in [6.45, 7) is 1.29. The molecule has 0 aliphatic heterocycles. The van der Waals surface area contributed by atoms with Gasteiger partial charge in [-0.15, -0.1) is 12.4 Å². The first kappa shape index (κ1) is 16.5. The minimum Gasteiger partial charge on any atom is -0.497 e. The third-order valence-electron chi connectivity index (χ3n) is 2.31. The lowest BCUT2D eigenvalue weighted by Crippen LogP contribution is -2.30. The Morgan fingerprint density at radius 3 is 2.50 bits per heavy atom. The zero-order valence-corrected chi connectivity index (χ0v) is 11.6. The highest BCUT2D eigenvalue weighted by atomic mass is 35.5. The number of halogens is 1. The van der Waals surface area contributed by atoms with Gasteiger partial charge in [0.05, 0.1) is 19.8 Å². The Bertz CT molecular complexity index is 386. The molecule has 1 rings (SSSR count). The second-order valence-corrected chi connectivity index (χ2v) is 3.43. The van der Waals surface area contributed by atoms with Gasteiger partial charge in [-0.25, -0.2) is 0 Å². The maximum absolute atomic E-state index is 11.9. The summed E-state index contributed by atoms with van der Waals surface area (Å²) in [6.07, 6.45) is 0. The van der Waals surface area contributed by atoms with Crippen LogP contribution in [0.1, 0.15) is 10.4 Å². The summed E-state index contributed by atoms with van der Waals surface area (Å²) in [5.41, 5.74) is 0.475. The van der Waals surface area contributed by atoms with Gasteiger partial charge in [0.25, 0.3) is 5.91 Å². The van der Waals surface area contributed by atoms with E-state index in [2.05, 4.69) is 10.6 Å². The van der Waals surface area contributed by atoms with E-state index in [-0.39, 0.29) is 18.3 Å². The largest absolute Gasteiger partial charge is 0.497 e. The number of hydrogen-bond acceptors (Lipinski definition) is 4. The van der Waals surface area contributed by atoms with Gasteiger partial charge in [-0.1, -0.05) is 0 Å². The van der Waals surface area contributed by atoms with Crippen LogP contribution in [-0.2, 0) is 0 Å². The second kappa shape index (κ2) is 8.60. The topological polar surface area (TPSA) is 59.6 Å². The molecule has 0 spiro atoms. The molecule has 1 aromatic carbocycles. The van der Waals surface area contributed by atoms with Crippen LogP contribution in [-0.4, -0.2) is 40.3 Å². The Morgan fingerprint density at radius 1 is 1.22 bits per heavy atom. The van der Waals surface area contributed by atoms with Crippen LogP contribution in [0, 0.1) is 0 Å². The predicted octanol–water partition coefficient (Wildman–Crippen LogP) is 1.07. The summed E-state index contributed by atoms with van der Waals surface area (Å²) in [7, 11) is 4.93. The monoisotopic (exact) mass is 274 g/mol. The minimum absolute atomic E-state index is 0. The number of hydrogen-bond donors (Lipinski definition) is 2. The summed E-state index contributed by atoms with van der Waals surface area (Å²) in [6, 6.07) is 5.13. The number of likely N-dealkylation sites (N-methyl/N-ethyl adjacent to an activating group) is 1. The maximum Gasteiger partial charge on any atom is 0.255 e. The summed E-state index contributed by atoms with van der Waals surface area (Å²) in [5.74, 6) is 0.994. The Hall–Kier alpha value is -1.46. The molecule has 5 nitrogen and oxygen atoms in total. The lowest BCUT2D eigenvalue weighted by molar-refractivity contribution is 0.0950. The zero-order valence-electron chi connectivity index (χ0n) is 10.8. The fourth-order valence-electron chi connectivity index (χ4n) is 1.39. The van der Waals surface area contributed by atoms with E-state index in [1.165, 1.54) is 7.11 Å². The molecular formula is C12H19ClN2O3. The predicted molar refractivity (Wildman–Crippen MR) is 73.1 cm³/mol. The molecule has 1 aromatic rings. The normalized spacial score (nSPS) is 9.28. The van der Waals surface area contributed by atoms with Crippen molar-refractivity contribution in [1.29, 1.82) is 0 Å². The number of carbonyl (C=O) groups excluding carboxylic acids is 1. The van der Waals surface area contributed by atoms with Crippen LogP contribution in [0.3, 0.4) is 0 Å². The van der Waals surface area contributed by atoms with Crippen molar-refractivity contribution in [2.45, 2.75) is 0 Å². The van der Waals surface area contributed by atoms with Crippen molar-refractivity contribution in [3.63, 3.8) is 0 Å². The van der Waals surface area contributed by atoms with Crippen LogP contribution in [0.4, 0.5) is 0 Å². The van der Waals surface area contributed by atoms with Crippen molar-refractivity contribution in [2.75, 3.05) is 34.4 Å². The average molecular weight is 275 g/mol. The Balaban J connectivity index is 0.00000289. The van der Waals surface area contributed by atoms with Crippen molar-refractivity contribution in [2.24, 2.45) is 0 Å². The number of methoxy groups -OCH3 is 2. The van der Waals surface area contributed by atoms with E-state index in [9.17, 15) is 4.79 Å². The van der Waals surface area contributed by atoms with Crippen molar-refractivity contribution in [3.05, 3.63) is 23.8 Å². The standard InChI is InChI=1S/C12H18N2O3.ClH/c1-13-6-7-14-12(15)10-8-9(16-2)4-5-11(10)17-3;/h4-5,8,13H,6-7H2,1-3H3,(H,14,15);1H. The number of nitrogens with one attached hydrogen (secondary N) is 2. The first-order valence-corrected chi connectivity index (χ1v) is 5.37. The molecule has 0 saturated carbocycles. The van der Waals surface area contributed by atoms with Gasteiger partial charge in [-0.05, 0) is 25.2 Å². The highest BCUT2D eigenvalue weighted by Gasteiger charge is 2.12. The minimum atomic E-state index is -0.170. The summed E-state index contributed by atoms with van der Waals surface area (Å²) >= 11 is 0. The van der Waals surface area contributed by atoms with Gasteiger partial charge in [-0.2, -0.15) is 0 Å². The highest BCUT2D eigenvalue weighted by molar-refractivity contribution is 5.97. The van der Waals surface area contributed by atoms with E-state index < -0.39 is 0 Å². The van der Waals surface area contributed by atoms with Gasteiger partial charge >= 0.3 is 0 Å². The molecule has 0 radical (unpaired) electrons. The van der Waals surface area contributed by atoms with Gasteiger partial charge in [0.15, 0.2) is 0 Å². The molecule has 18 heavy (non-hydrogen) atoms. The van der Waals surface area contributed by atoms with Crippen LogP contribution < -0.4 is 20.1 Å². The van der Waals surface area contributed by atoms with E-state index in [0.29, 0.717) is 23.6 Å². The molecule has 0 atom stereocenters. The third-order valence-corrected chi connectivity index (χ3v) is 2.31. The van der Waals surface area contributed by atoms with Gasteiger partial charge < -0.3 is 20.1 Å². The van der Waals surface area contributed by atoms with Gasteiger partial charge in [0, 0.05) is 13.1 Å². The molecule has 0 fully saturated rings. The maximum atomic E-state index is 11.9. The number of carbonyl (C=O) groups is 1. The second-order valence-electron chi connectivity index (χ2n) is 3.43. The first-order chi connectivity index (χ1) is 8.22. The third kappa shape index (κ3) is 4.43. The zero-order chi connectivity index (χ0) is 12.7. The quantitative estimate of drug-likeness (QED) is 0.762. The van der Waals surface area contributed by atoms with E-state index in [4.69, 9.17) is 9.47 Å². The summed E-state index contributed by atoms with van der Waals surface area (Å²) in [5, 5.41) is 5.74. The van der Waals surface area contributed by atoms with Crippen LogP contribution >= 0.6 is 12.4 Å². The van der Waals surface area contributed by atoms with Gasteiger partial charge in [0.2, 0.25) is 0 Å². The molecule has 0 heterocycles. The molecular weight excluding hydrogens is 256 g/mol. The number of benzene rings is 1. The summed E-state index contributed by atoms with van der Waals surface area (Å²) < 4.78 is 10.2. The molecule has 2 N–H and O–H groups in total. The molecule has 0 aliphatic carbocycles. The van der Waals surface area contributed by atoms with E-state index in [1.807, 2.05) is 7.05 Å². The lowest BCUT2D eigenvalue weighted by Gasteiger charge is -2.10. The summed E-state index contributed by atoms with van der Waals surface area (Å²) in [4.78, 5) is 11.9. The van der Waals surface area contributed by atoms with Crippen molar-refractivity contribution in [3.8, 4) is 11.5 Å². The number of amides is 1. The first-order valence-electron chi connectivity index (χ1n) is 5.37. The SMILES string of the molecule is CNCCNC(=O)c1cc(OC)ccc1OC.Cl. The molecule has 0 unspecified atom stereocenters. The highest BCUT2D eigenvalue weighted by Crippen LogP contribution is 2.23. The Kier molecular flexibility index (Phi) is 7.91. The average Bonchev–Trinajstić information content (AvgIpc) is 2.38. The van der Waals surface area contributed by atoms with Crippen molar-refractivity contribution < 1.29 is 14.3 Å². The molecule has 6 heteroatoms. The lowest BCUT2D eigenvalue weighted by atomic mass is 10.1. The molecule has 0 aliphatic rings. The van der Waals surface area contributed by atoms with E-state index in [1.54, 1.807) is 25.3 Å². The Labute approximate surface area is 113 Å². The van der Waals surface area contributed by atoms with Gasteiger partial charge in [0.1, 0.15) is 11.5 Å². The molecule has 0 saturated heterocycles. The smallest absolute Gasteiger partial charge is 0.255 e. The van der Waals surface area contributed by atoms with Crippen molar-refractivity contribution in [1.82, 2.24) is 10.6 Å². The number of rotatable bonds is 6. The van der Waals surface area contributed by atoms with Crippen LogP contribution in [0.2, 0.25) is 0 Å².